The van der Waals surface area contributed by atoms with Crippen LogP contribution in [-0.2, 0) is 14.3 Å². The van der Waals surface area contributed by atoms with Gasteiger partial charge in [-0.05, 0) is 45.9 Å². The minimum absolute atomic E-state index is 0.0447. The van der Waals surface area contributed by atoms with E-state index >= 15 is 0 Å². The van der Waals surface area contributed by atoms with Crippen molar-refractivity contribution >= 4 is 35.1 Å². The predicted octanol–water partition coefficient (Wildman–Crippen LogP) is 4.06. The predicted molar refractivity (Wildman–Crippen MR) is 123 cm³/mol. The molecule has 0 fully saturated rings. The van der Waals surface area contributed by atoms with E-state index in [1.807, 2.05) is 19.1 Å². The van der Waals surface area contributed by atoms with Gasteiger partial charge in [0.1, 0.15) is 12.1 Å². The Bertz CT molecular complexity index is 978. The lowest BCUT2D eigenvalue weighted by molar-refractivity contribution is -0.116. The number of aryl methyl sites for hydroxylation is 1. The van der Waals surface area contributed by atoms with Crippen LogP contribution in [0.2, 0.25) is 0 Å². The fraction of sp³-hybridized carbons (Fsp3) is 0.333. The Morgan fingerprint density at radius 2 is 1.44 bits per heavy atom. The summed E-state index contributed by atoms with van der Waals surface area (Å²) in [5, 5.41) is 7.73. The summed E-state index contributed by atoms with van der Waals surface area (Å²) in [5.41, 5.74) is 1.92. The van der Waals surface area contributed by atoms with Crippen LogP contribution in [-0.4, -0.2) is 35.8 Å². The quantitative estimate of drug-likeness (QED) is 0.537. The highest BCUT2D eigenvalue weighted by Gasteiger charge is 2.16. The molecule has 0 aliphatic carbocycles. The lowest BCUT2D eigenvalue weighted by Crippen LogP contribution is -2.37. The molecule has 0 aliphatic rings. The summed E-state index contributed by atoms with van der Waals surface area (Å²) in [5.74, 6) is -0.845. The molecule has 8 heteroatoms. The van der Waals surface area contributed by atoms with E-state index in [4.69, 9.17) is 4.74 Å². The molecule has 0 aromatic heterocycles. The Morgan fingerprint density at radius 3 is 2.03 bits per heavy atom. The molecule has 0 bridgehead atoms. The van der Waals surface area contributed by atoms with Crippen molar-refractivity contribution in [3.8, 4) is 0 Å². The molecule has 0 radical (unpaired) electrons. The molecule has 2 aromatic carbocycles. The number of anilines is 2. The maximum absolute atomic E-state index is 12.2. The SMILES string of the molecule is Cc1ccc(C(=O)CCC(=O)Nc2cccc(NC(=O)CNC(=O)OC(C)(C)C)c2)cc1. The number of amides is 3. The van der Waals surface area contributed by atoms with Crippen LogP contribution in [0.1, 0.15) is 49.5 Å². The van der Waals surface area contributed by atoms with Crippen molar-refractivity contribution in [2.24, 2.45) is 0 Å². The van der Waals surface area contributed by atoms with Crippen LogP contribution in [0.3, 0.4) is 0 Å². The van der Waals surface area contributed by atoms with Crippen molar-refractivity contribution < 1.29 is 23.9 Å². The first-order chi connectivity index (χ1) is 15.0. The van der Waals surface area contributed by atoms with Crippen molar-refractivity contribution in [3.63, 3.8) is 0 Å². The lowest BCUT2D eigenvalue weighted by atomic mass is 10.0. The molecule has 0 saturated heterocycles. The van der Waals surface area contributed by atoms with E-state index in [1.54, 1.807) is 57.2 Å². The number of hydrogen-bond acceptors (Lipinski definition) is 5. The Hall–Kier alpha value is -3.68. The molecular weight excluding hydrogens is 410 g/mol. The van der Waals surface area contributed by atoms with Gasteiger partial charge in [0.2, 0.25) is 11.8 Å². The zero-order valence-corrected chi connectivity index (χ0v) is 18.8. The molecule has 2 rings (SSSR count). The van der Waals surface area contributed by atoms with Gasteiger partial charge in [0.25, 0.3) is 0 Å². The van der Waals surface area contributed by atoms with Crippen molar-refractivity contribution in [2.45, 2.75) is 46.1 Å². The van der Waals surface area contributed by atoms with E-state index < -0.39 is 17.6 Å². The third-order valence-corrected chi connectivity index (χ3v) is 4.17. The number of carbonyl (C=O) groups is 4. The van der Waals surface area contributed by atoms with Crippen molar-refractivity contribution in [1.29, 1.82) is 0 Å². The van der Waals surface area contributed by atoms with Crippen molar-refractivity contribution in [3.05, 3.63) is 59.7 Å². The lowest BCUT2D eigenvalue weighted by Gasteiger charge is -2.19. The molecule has 0 aliphatic heterocycles. The third kappa shape index (κ3) is 8.99. The number of benzene rings is 2. The number of ether oxygens (including phenoxy) is 1. The number of nitrogens with one attached hydrogen (secondary N) is 3. The maximum Gasteiger partial charge on any atom is 0.408 e. The Kier molecular flexibility index (Phi) is 8.52. The van der Waals surface area contributed by atoms with E-state index in [0.717, 1.165) is 5.56 Å². The minimum atomic E-state index is -0.686. The van der Waals surface area contributed by atoms with Crippen LogP contribution in [0, 0.1) is 6.92 Å². The molecule has 0 heterocycles. The van der Waals surface area contributed by atoms with Gasteiger partial charge in [-0.2, -0.15) is 0 Å². The molecular formula is C24H29N3O5. The molecule has 0 unspecified atom stereocenters. The second-order valence-corrected chi connectivity index (χ2v) is 8.32. The summed E-state index contributed by atoms with van der Waals surface area (Å²) in [6.45, 7) is 6.86. The van der Waals surface area contributed by atoms with Gasteiger partial charge in [0.05, 0.1) is 0 Å². The van der Waals surface area contributed by atoms with Gasteiger partial charge in [-0.1, -0.05) is 35.9 Å². The number of Topliss-reactive ketones (excluding diaryl/α,β-unsaturated/α-hetero) is 1. The molecule has 0 saturated carbocycles. The summed E-state index contributed by atoms with van der Waals surface area (Å²) in [4.78, 5) is 48.1. The first-order valence-corrected chi connectivity index (χ1v) is 10.3. The average Bonchev–Trinajstić information content (AvgIpc) is 2.70. The number of hydrogen-bond donors (Lipinski definition) is 3. The summed E-state index contributed by atoms with van der Waals surface area (Å²) < 4.78 is 5.07. The second-order valence-electron chi connectivity index (χ2n) is 8.32. The van der Waals surface area contributed by atoms with Gasteiger partial charge in [0, 0.05) is 29.8 Å². The van der Waals surface area contributed by atoms with Gasteiger partial charge in [-0.15, -0.1) is 0 Å². The Labute approximate surface area is 187 Å². The number of carbonyl (C=O) groups excluding carboxylic acids is 4. The first kappa shape index (κ1) is 24.6. The monoisotopic (exact) mass is 439 g/mol. The third-order valence-electron chi connectivity index (χ3n) is 4.17. The minimum Gasteiger partial charge on any atom is -0.444 e. The van der Waals surface area contributed by atoms with E-state index in [2.05, 4.69) is 16.0 Å². The van der Waals surface area contributed by atoms with Crippen LogP contribution in [0.15, 0.2) is 48.5 Å². The van der Waals surface area contributed by atoms with Crippen LogP contribution < -0.4 is 16.0 Å². The normalized spacial score (nSPS) is 10.8. The summed E-state index contributed by atoms with van der Waals surface area (Å²) in [7, 11) is 0. The summed E-state index contributed by atoms with van der Waals surface area (Å²) >= 11 is 0. The Balaban J connectivity index is 1.81. The molecule has 170 valence electrons. The van der Waals surface area contributed by atoms with Crippen LogP contribution in [0.4, 0.5) is 16.2 Å². The van der Waals surface area contributed by atoms with Crippen molar-refractivity contribution in [2.75, 3.05) is 17.2 Å². The molecule has 3 amide bonds. The van der Waals surface area contributed by atoms with Crippen LogP contribution in [0.5, 0.6) is 0 Å². The highest BCUT2D eigenvalue weighted by molar-refractivity contribution is 6.00. The fourth-order valence-electron chi connectivity index (χ4n) is 2.68. The van der Waals surface area contributed by atoms with Crippen LogP contribution in [0.25, 0.3) is 0 Å². The van der Waals surface area contributed by atoms with Gasteiger partial charge in [-0.3, -0.25) is 14.4 Å². The van der Waals surface area contributed by atoms with Gasteiger partial charge >= 0.3 is 6.09 Å². The molecule has 2 aromatic rings. The van der Waals surface area contributed by atoms with E-state index in [9.17, 15) is 19.2 Å². The molecule has 32 heavy (non-hydrogen) atoms. The highest BCUT2D eigenvalue weighted by Crippen LogP contribution is 2.16. The second kappa shape index (κ2) is 11.1. The van der Waals surface area contributed by atoms with Crippen LogP contribution >= 0.6 is 0 Å². The fourth-order valence-corrected chi connectivity index (χ4v) is 2.68. The smallest absolute Gasteiger partial charge is 0.408 e. The number of alkyl carbamates (subject to hydrolysis) is 1. The average molecular weight is 440 g/mol. The van der Waals surface area contributed by atoms with E-state index in [-0.39, 0.29) is 31.1 Å². The number of rotatable bonds is 8. The zero-order chi connectivity index (χ0) is 23.7. The van der Waals surface area contributed by atoms with E-state index in [0.29, 0.717) is 16.9 Å². The van der Waals surface area contributed by atoms with E-state index in [1.165, 1.54) is 0 Å². The van der Waals surface area contributed by atoms with Gasteiger partial charge in [0.15, 0.2) is 5.78 Å². The Morgan fingerprint density at radius 1 is 0.844 bits per heavy atom. The maximum atomic E-state index is 12.2. The van der Waals surface area contributed by atoms with Gasteiger partial charge in [-0.25, -0.2) is 4.79 Å². The topological polar surface area (TPSA) is 114 Å². The molecule has 0 atom stereocenters. The van der Waals surface area contributed by atoms with Gasteiger partial charge < -0.3 is 20.7 Å². The molecule has 8 nitrogen and oxygen atoms in total. The standard InChI is InChI=1S/C24H29N3O5/c1-16-8-10-17(11-9-16)20(28)12-13-21(29)26-18-6-5-7-19(14-18)27-22(30)15-25-23(31)32-24(2,3)4/h5-11,14H,12-13,15H2,1-4H3,(H,25,31)(H,26,29)(H,27,30). The zero-order valence-electron chi connectivity index (χ0n) is 18.8. The first-order valence-electron chi connectivity index (χ1n) is 10.3. The highest BCUT2D eigenvalue weighted by atomic mass is 16.6. The number of ketones is 1. The van der Waals surface area contributed by atoms with Crippen molar-refractivity contribution in [1.82, 2.24) is 5.32 Å². The largest absolute Gasteiger partial charge is 0.444 e. The molecule has 3 N–H and O–H groups in total. The molecule has 0 spiro atoms. The summed E-state index contributed by atoms with van der Waals surface area (Å²) in [6.07, 6.45) is -0.543. The summed E-state index contributed by atoms with van der Waals surface area (Å²) in [6, 6.07) is 13.8.